The average Bonchev–Trinajstić information content (AvgIpc) is 1.74. The molecule has 10 fully saturated rings. The fourth-order valence-corrected chi connectivity index (χ4v) is 21.3. The molecule has 121 heavy (non-hydrogen) atoms. The van der Waals surface area contributed by atoms with Gasteiger partial charge in [0.25, 0.3) is 0 Å². The van der Waals surface area contributed by atoms with Crippen LogP contribution in [0.3, 0.4) is 0 Å². The molecule has 6 atom stereocenters. The lowest BCUT2D eigenvalue weighted by molar-refractivity contribution is -0.147. The van der Waals surface area contributed by atoms with Crippen LogP contribution in [0.5, 0.6) is 0 Å². The highest BCUT2D eigenvalue weighted by molar-refractivity contribution is 5.92. The van der Waals surface area contributed by atoms with Gasteiger partial charge in [0.15, 0.2) is 0 Å². The standard InChI is InChI=1S/C18H23N7O.C18H22N6O.C17H20N6O.C17H19N5O.C16H18N6O/c19-7-3-8-21-17(26)25-11-2-6-18(25)5-1-10-24(12-18)16-14-4-9-20-15(14)22-13-23-16;1-13-5-10-24(15(25)3-7-19)18(13)6-2-9-23(11-18)17-14-4-8-20-16(14)21-12-22-17;18-7-3-14(24)23-10-2-6-17(23)5-1-9-22(11-17)16-13-4-8-19-15(13)20-12-21-16;1-2-4-14(23)22-9-3-6-17(22)7-10-21(11-17)16-13-5-8-18-15(13)19-12-20-16;17-6-2-13(23)22-9-5-16(22)4-1-8-21(10-16)15-12-3-7-18-14(12)19-11-20-15/h4,9,13H,1-3,5-6,8,10-12H2,(H,21,26)(H,20,22,23);4,8,12-13H,2-3,5-6,9-11H2,1H3,(H,20,21,22);4,8,12H,1-3,5-6,9-11H2,(H,19,20,21);1,5,8,12H,3-4,6-7,9-11H2,(H,18,19,20);3,7,11H,1-2,4-5,8-10H2,(H,18,19,20). The molecule has 10 saturated heterocycles. The molecule has 10 aromatic rings. The predicted molar refractivity (Wildman–Crippen MR) is 453 cm³/mol. The summed E-state index contributed by atoms with van der Waals surface area (Å²) in [6, 6.07) is 18.0. The number of hydrogen-bond acceptors (Lipinski definition) is 24. The summed E-state index contributed by atoms with van der Waals surface area (Å²) in [5.41, 5.74) is 3.49. The lowest BCUT2D eigenvalue weighted by atomic mass is 9.77. The van der Waals surface area contributed by atoms with Gasteiger partial charge < -0.3 is 79.2 Å². The molecule has 6 amide bonds. The summed E-state index contributed by atoms with van der Waals surface area (Å²) in [5, 5.41) is 43.3. The van der Waals surface area contributed by atoms with Crippen molar-refractivity contribution in [2.45, 2.75) is 176 Å². The van der Waals surface area contributed by atoms with Gasteiger partial charge in [-0.3, -0.25) is 19.2 Å². The molecule has 0 saturated carbocycles. The number of rotatable bonds is 11. The summed E-state index contributed by atoms with van der Waals surface area (Å²) in [5.74, 6) is 7.54. The Balaban J connectivity index is 0.000000112. The zero-order valence-corrected chi connectivity index (χ0v) is 68.5. The van der Waals surface area contributed by atoms with Crippen molar-refractivity contribution in [3.63, 3.8) is 0 Å². The van der Waals surface area contributed by atoms with Gasteiger partial charge in [0.1, 0.15) is 108 Å². The van der Waals surface area contributed by atoms with E-state index in [0.29, 0.717) is 18.9 Å². The van der Waals surface area contributed by atoms with Crippen LogP contribution in [0.1, 0.15) is 148 Å². The predicted octanol–water partition coefficient (Wildman–Crippen LogP) is 8.92. The van der Waals surface area contributed by atoms with E-state index in [0.717, 1.165) is 292 Å². The summed E-state index contributed by atoms with van der Waals surface area (Å²) >= 11 is 0. The van der Waals surface area contributed by atoms with E-state index in [2.05, 4.69) is 123 Å². The van der Waals surface area contributed by atoms with Crippen LogP contribution in [0.2, 0.25) is 0 Å². The van der Waals surface area contributed by atoms with Crippen molar-refractivity contribution in [2.24, 2.45) is 5.92 Å². The summed E-state index contributed by atoms with van der Waals surface area (Å²) in [6.45, 7) is 15.0. The van der Waals surface area contributed by atoms with Gasteiger partial charge in [0.2, 0.25) is 23.6 Å². The van der Waals surface area contributed by atoms with Crippen LogP contribution < -0.4 is 29.8 Å². The smallest absolute Gasteiger partial charge is 0.317 e. The first-order valence-electron chi connectivity index (χ1n) is 42.4. The number of H-pyrrole nitrogens is 5. The number of aromatic amines is 5. The molecule has 10 aliphatic heterocycles. The third-order valence-electron chi connectivity index (χ3n) is 27.0. The number of nitriles is 4. The minimum atomic E-state index is -0.195. The van der Waals surface area contributed by atoms with Gasteiger partial charge in [-0.15, -0.1) is 6.42 Å². The lowest BCUT2D eigenvalue weighted by Gasteiger charge is -2.57. The molecule has 35 nitrogen and oxygen atoms in total. The van der Waals surface area contributed by atoms with Gasteiger partial charge in [0, 0.05) is 136 Å². The van der Waals surface area contributed by atoms with Crippen molar-refractivity contribution in [2.75, 3.05) is 129 Å². The number of likely N-dealkylation sites (tertiary alicyclic amines) is 5. The quantitative estimate of drug-likeness (QED) is 0.0519. The van der Waals surface area contributed by atoms with Gasteiger partial charge in [0.05, 0.1) is 91.7 Å². The van der Waals surface area contributed by atoms with Gasteiger partial charge in [-0.05, 0) is 145 Å². The normalized spacial score (nSPS) is 24.1. The topological polar surface area (TPSA) is 433 Å². The lowest BCUT2D eigenvalue weighted by Crippen LogP contribution is -2.68. The minimum absolute atomic E-state index is 0.0304. The number of piperidine rings is 4. The Labute approximate surface area is 700 Å². The van der Waals surface area contributed by atoms with E-state index in [1.807, 2.05) is 104 Å². The van der Waals surface area contributed by atoms with E-state index in [1.165, 1.54) is 0 Å². The second-order valence-corrected chi connectivity index (χ2v) is 33.6. The molecule has 20 heterocycles. The van der Waals surface area contributed by atoms with Crippen LogP contribution in [0.25, 0.3) is 55.2 Å². The summed E-state index contributed by atoms with van der Waals surface area (Å²) in [4.78, 5) is 143. The number of urea groups is 1. The maximum absolute atomic E-state index is 12.7. The Kier molecular flexibility index (Phi) is 23.8. The summed E-state index contributed by atoms with van der Waals surface area (Å²) in [7, 11) is 0. The van der Waals surface area contributed by atoms with Crippen LogP contribution in [-0.4, -0.2) is 261 Å². The number of amides is 6. The molecule has 10 aromatic heterocycles. The number of carbonyl (C=O) groups is 5. The number of anilines is 5. The molecule has 6 unspecified atom stereocenters. The van der Waals surface area contributed by atoms with E-state index < -0.39 is 0 Å². The van der Waals surface area contributed by atoms with E-state index in [9.17, 15) is 24.0 Å². The van der Waals surface area contributed by atoms with E-state index >= 15 is 0 Å². The van der Waals surface area contributed by atoms with Crippen LogP contribution in [0.15, 0.2) is 93.0 Å². The second kappa shape index (κ2) is 35.4. The van der Waals surface area contributed by atoms with Gasteiger partial charge >= 0.3 is 6.03 Å². The molecular weight excluding hydrogens is 1530 g/mol. The van der Waals surface area contributed by atoms with Crippen molar-refractivity contribution < 1.29 is 24.0 Å². The van der Waals surface area contributed by atoms with Crippen molar-refractivity contribution in [3.8, 4) is 36.6 Å². The number of fused-ring (bicyclic) bond motifs is 5. The van der Waals surface area contributed by atoms with E-state index in [1.54, 1.807) is 31.6 Å². The second-order valence-electron chi connectivity index (χ2n) is 33.6. The third kappa shape index (κ3) is 16.0. The minimum Gasteiger partial charge on any atom is -0.354 e. The molecule has 20 rings (SSSR count). The molecule has 5 spiro atoms. The van der Waals surface area contributed by atoms with Crippen LogP contribution in [0.4, 0.5) is 33.9 Å². The van der Waals surface area contributed by atoms with Crippen LogP contribution in [0, 0.1) is 63.6 Å². The summed E-state index contributed by atoms with van der Waals surface area (Å²) < 4.78 is 0. The van der Waals surface area contributed by atoms with E-state index in [4.69, 9.17) is 27.5 Å². The molecule has 0 aliphatic carbocycles. The van der Waals surface area contributed by atoms with Gasteiger partial charge in [-0.1, -0.05) is 12.8 Å². The summed E-state index contributed by atoms with van der Waals surface area (Å²) in [6.07, 6.45) is 40.3. The van der Waals surface area contributed by atoms with Gasteiger partial charge in [-0.2, -0.15) is 21.0 Å². The van der Waals surface area contributed by atoms with Crippen molar-refractivity contribution in [1.29, 1.82) is 21.0 Å². The maximum atomic E-state index is 12.7. The fraction of sp³-hybridized carbons (Fsp3) is 0.523. The van der Waals surface area contributed by atoms with Gasteiger partial charge in [-0.25, -0.2) is 54.6 Å². The Morgan fingerprint density at radius 1 is 0.380 bits per heavy atom. The molecule has 0 aromatic carbocycles. The SMILES string of the molecule is C#CCC(=O)N1CCCC12CCN(c1ncnc3[nH]ccc13)C2.CC1CCN(C(=O)CC#N)C12CCCN(c1ncnc3[nH]ccc13)C2.N#CCC(=O)N1CCC12CCCN(c1ncnc3[nH]ccc13)C2.N#CCC(=O)N1CCCC12CCCN(c1ncnc3[nH]ccc13)C2.N#CCCNC(=O)N1CCCC12CCCN(c1ncnc3[nH]ccc13)C2. The third-order valence-corrected chi connectivity index (χ3v) is 27.0. The average molecular weight is 1640 g/mol. The zero-order valence-electron chi connectivity index (χ0n) is 68.5. The number of aromatic nitrogens is 15. The molecule has 10 aliphatic rings. The Hall–Kier alpha value is -13.2. The fourth-order valence-electron chi connectivity index (χ4n) is 21.3. The van der Waals surface area contributed by atoms with Crippen LogP contribution in [-0.2, 0) is 19.2 Å². The Morgan fingerprint density at radius 2 is 0.694 bits per heavy atom. The first-order chi connectivity index (χ1) is 59.1. The molecule has 0 bridgehead atoms. The number of hydrogen-bond donors (Lipinski definition) is 6. The monoisotopic (exact) mass is 1630 g/mol. The highest BCUT2D eigenvalue weighted by Crippen LogP contribution is 2.47. The molecule has 0 radical (unpaired) electrons. The Bertz CT molecular complexity index is 5660. The number of terminal acetylenes is 1. The number of carbonyl (C=O) groups excluding carboxylic acids is 5. The highest BCUT2D eigenvalue weighted by atomic mass is 16.2. The van der Waals surface area contributed by atoms with Crippen molar-refractivity contribution in [3.05, 3.63) is 93.0 Å². The molecule has 626 valence electrons. The van der Waals surface area contributed by atoms with Crippen molar-refractivity contribution in [1.82, 2.24) is 105 Å². The molecular formula is C86H102N30O5. The maximum Gasteiger partial charge on any atom is 0.317 e. The Morgan fingerprint density at radius 3 is 1.06 bits per heavy atom. The first-order valence-corrected chi connectivity index (χ1v) is 42.4. The largest absolute Gasteiger partial charge is 0.354 e. The first kappa shape index (κ1) is 81.5. The molecule has 35 heteroatoms. The zero-order chi connectivity index (χ0) is 83.7. The number of nitrogens with one attached hydrogen (secondary N) is 6. The molecule has 6 N–H and O–H groups in total. The van der Waals surface area contributed by atoms with Crippen molar-refractivity contribution >= 4 is 114 Å². The highest BCUT2D eigenvalue weighted by Gasteiger charge is 2.54. The van der Waals surface area contributed by atoms with E-state index in [-0.39, 0.29) is 83.0 Å². The number of nitrogens with zero attached hydrogens (tertiary/aromatic N) is 24. The van der Waals surface area contributed by atoms with Crippen LogP contribution >= 0.6 is 0 Å².